The van der Waals surface area contributed by atoms with Crippen LogP contribution in [0.15, 0.2) is 35.0 Å². The fourth-order valence-corrected chi connectivity index (χ4v) is 3.40. The quantitative estimate of drug-likeness (QED) is 0.349. The Bertz CT molecular complexity index is 1140. The van der Waals surface area contributed by atoms with Crippen molar-refractivity contribution in [1.29, 1.82) is 0 Å². The lowest BCUT2D eigenvalue weighted by Gasteiger charge is -2.21. The van der Waals surface area contributed by atoms with Crippen molar-refractivity contribution in [2.24, 2.45) is 0 Å². The Kier molecular flexibility index (Phi) is 8.04. The SMILES string of the molecule is COC(=O)C[C@H](CCCNC(=O)OC(C)(C)C)Nc1nccc2ccc(-c3noc(C)n3)cc12. The number of alkyl carbamates (subject to hydrolysis) is 1. The van der Waals surface area contributed by atoms with E-state index in [1.165, 1.54) is 7.11 Å². The summed E-state index contributed by atoms with van der Waals surface area (Å²) < 4.78 is 15.2. The highest BCUT2D eigenvalue weighted by Crippen LogP contribution is 2.27. The molecule has 0 fully saturated rings. The van der Waals surface area contributed by atoms with Gasteiger partial charge in [0.1, 0.15) is 11.4 Å². The van der Waals surface area contributed by atoms with Gasteiger partial charge < -0.3 is 24.6 Å². The van der Waals surface area contributed by atoms with Crippen LogP contribution in [0.4, 0.5) is 10.6 Å². The number of anilines is 1. The number of fused-ring (bicyclic) bond motifs is 1. The number of carbonyl (C=O) groups is 2. The molecule has 0 aliphatic heterocycles. The molecule has 0 saturated carbocycles. The molecule has 2 aromatic heterocycles. The molecule has 0 aliphatic carbocycles. The zero-order valence-corrected chi connectivity index (χ0v) is 20.2. The van der Waals surface area contributed by atoms with E-state index in [2.05, 4.69) is 25.8 Å². The van der Waals surface area contributed by atoms with Crippen LogP contribution in [0.2, 0.25) is 0 Å². The van der Waals surface area contributed by atoms with Crippen molar-refractivity contribution in [3.05, 3.63) is 36.4 Å². The van der Waals surface area contributed by atoms with Crippen molar-refractivity contribution in [3.63, 3.8) is 0 Å². The Morgan fingerprint density at radius 1 is 1.21 bits per heavy atom. The Morgan fingerprint density at radius 3 is 2.68 bits per heavy atom. The summed E-state index contributed by atoms with van der Waals surface area (Å²) >= 11 is 0. The van der Waals surface area contributed by atoms with Gasteiger partial charge in [0.05, 0.1) is 13.5 Å². The summed E-state index contributed by atoms with van der Waals surface area (Å²) in [5.74, 6) is 1.28. The van der Waals surface area contributed by atoms with Gasteiger partial charge >= 0.3 is 12.1 Å². The van der Waals surface area contributed by atoms with E-state index >= 15 is 0 Å². The predicted molar refractivity (Wildman–Crippen MR) is 127 cm³/mol. The largest absolute Gasteiger partial charge is 0.469 e. The molecule has 1 amide bonds. The molecule has 1 atom stereocenters. The lowest BCUT2D eigenvalue weighted by atomic mass is 10.1. The van der Waals surface area contributed by atoms with Crippen molar-refractivity contribution in [2.45, 2.75) is 58.6 Å². The van der Waals surface area contributed by atoms with Crippen molar-refractivity contribution in [3.8, 4) is 11.4 Å². The summed E-state index contributed by atoms with van der Waals surface area (Å²) in [7, 11) is 1.36. The van der Waals surface area contributed by atoms with E-state index in [4.69, 9.17) is 14.0 Å². The number of ether oxygens (including phenoxy) is 2. The third-order valence-electron chi connectivity index (χ3n) is 4.93. The number of carbonyl (C=O) groups excluding carboxylic acids is 2. The molecule has 34 heavy (non-hydrogen) atoms. The van der Waals surface area contributed by atoms with E-state index in [-0.39, 0.29) is 18.4 Å². The molecule has 0 saturated heterocycles. The number of benzene rings is 1. The smallest absolute Gasteiger partial charge is 0.407 e. The summed E-state index contributed by atoms with van der Waals surface area (Å²) in [4.78, 5) is 32.7. The number of amides is 1. The lowest BCUT2D eigenvalue weighted by molar-refractivity contribution is -0.140. The molecule has 0 unspecified atom stereocenters. The van der Waals surface area contributed by atoms with Crippen LogP contribution in [0.25, 0.3) is 22.2 Å². The van der Waals surface area contributed by atoms with Crippen LogP contribution in [-0.4, -0.2) is 52.5 Å². The monoisotopic (exact) mass is 469 g/mol. The minimum Gasteiger partial charge on any atom is -0.469 e. The summed E-state index contributed by atoms with van der Waals surface area (Å²) in [5, 5.41) is 11.9. The first kappa shape index (κ1) is 24.9. The van der Waals surface area contributed by atoms with Crippen LogP contribution >= 0.6 is 0 Å². The average Bonchev–Trinajstić information content (AvgIpc) is 3.21. The van der Waals surface area contributed by atoms with E-state index in [0.29, 0.717) is 36.9 Å². The molecule has 10 heteroatoms. The number of esters is 1. The highest BCUT2D eigenvalue weighted by atomic mass is 16.6. The minimum atomic E-state index is -0.557. The van der Waals surface area contributed by atoms with Crippen LogP contribution in [0, 0.1) is 6.92 Å². The van der Waals surface area contributed by atoms with E-state index in [1.807, 2.05) is 45.0 Å². The third-order valence-corrected chi connectivity index (χ3v) is 4.93. The molecular formula is C24H31N5O5. The van der Waals surface area contributed by atoms with Gasteiger partial charge in [-0.15, -0.1) is 0 Å². The Hall–Kier alpha value is -3.69. The van der Waals surface area contributed by atoms with Crippen molar-refractivity contribution < 1.29 is 23.6 Å². The first-order valence-corrected chi connectivity index (χ1v) is 11.1. The number of hydrogen-bond donors (Lipinski definition) is 2. The van der Waals surface area contributed by atoms with E-state index in [1.54, 1.807) is 13.1 Å². The van der Waals surface area contributed by atoms with Gasteiger partial charge in [-0.25, -0.2) is 9.78 Å². The molecule has 0 bridgehead atoms. The number of hydrogen-bond acceptors (Lipinski definition) is 9. The number of aromatic nitrogens is 3. The molecule has 3 rings (SSSR count). The van der Waals surface area contributed by atoms with E-state index in [9.17, 15) is 9.59 Å². The average molecular weight is 470 g/mol. The molecule has 0 spiro atoms. The second-order valence-electron chi connectivity index (χ2n) is 8.92. The fraction of sp³-hybridized carbons (Fsp3) is 0.458. The molecule has 2 heterocycles. The summed E-state index contributed by atoms with van der Waals surface area (Å²) in [6.07, 6.45) is 2.64. The number of aryl methyl sites for hydroxylation is 1. The van der Waals surface area contributed by atoms with Gasteiger partial charge in [0.2, 0.25) is 11.7 Å². The van der Waals surface area contributed by atoms with Crippen LogP contribution in [0.5, 0.6) is 0 Å². The summed E-state index contributed by atoms with van der Waals surface area (Å²) in [6, 6.07) is 7.48. The van der Waals surface area contributed by atoms with Gasteiger partial charge in [-0.2, -0.15) is 4.98 Å². The third kappa shape index (κ3) is 7.16. The topological polar surface area (TPSA) is 128 Å². The van der Waals surface area contributed by atoms with Gasteiger partial charge in [0.25, 0.3) is 0 Å². The molecule has 3 aromatic rings. The highest BCUT2D eigenvalue weighted by Gasteiger charge is 2.18. The van der Waals surface area contributed by atoms with Gasteiger partial charge in [-0.3, -0.25) is 4.79 Å². The van der Waals surface area contributed by atoms with Crippen LogP contribution < -0.4 is 10.6 Å². The fourth-order valence-electron chi connectivity index (χ4n) is 3.40. The van der Waals surface area contributed by atoms with Crippen LogP contribution in [-0.2, 0) is 14.3 Å². The van der Waals surface area contributed by atoms with E-state index in [0.717, 1.165) is 16.3 Å². The highest BCUT2D eigenvalue weighted by molar-refractivity contribution is 5.94. The summed E-state index contributed by atoms with van der Waals surface area (Å²) in [5.41, 5.74) is 0.240. The van der Waals surface area contributed by atoms with Crippen molar-refractivity contribution in [2.75, 3.05) is 19.0 Å². The van der Waals surface area contributed by atoms with Crippen molar-refractivity contribution in [1.82, 2.24) is 20.4 Å². The molecule has 0 radical (unpaired) electrons. The van der Waals surface area contributed by atoms with Gasteiger partial charge in [-0.1, -0.05) is 17.3 Å². The number of nitrogens with one attached hydrogen (secondary N) is 2. The second kappa shape index (κ2) is 11.0. The molecule has 10 nitrogen and oxygen atoms in total. The molecular weight excluding hydrogens is 438 g/mol. The van der Waals surface area contributed by atoms with Crippen LogP contribution in [0.1, 0.15) is 45.9 Å². The van der Waals surface area contributed by atoms with Crippen LogP contribution in [0.3, 0.4) is 0 Å². The van der Waals surface area contributed by atoms with Gasteiger partial charge in [0.15, 0.2) is 0 Å². The molecule has 1 aromatic carbocycles. The minimum absolute atomic E-state index is 0.157. The van der Waals surface area contributed by atoms with Crippen molar-refractivity contribution >= 4 is 28.7 Å². The Labute approximate surface area is 198 Å². The zero-order chi connectivity index (χ0) is 24.7. The molecule has 182 valence electrons. The first-order valence-electron chi connectivity index (χ1n) is 11.1. The second-order valence-corrected chi connectivity index (χ2v) is 8.92. The Morgan fingerprint density at radius 2 is 2.00 bits per heavy atom. The normalized spacial score (nSPS) is 12.3. The van der Waals surface area contributed by atoms with E-state index < -0.39 is 11.7 Å². The first-order chi connectivity index (χ1) is 16.1. The number of rotatable bonds is 9. The standard InChI is InChI=1S/C24H31N5O5/c1-15-27-21(29-34-15)17-9-8-16-10-12-25-22(19(16)13-17)28-18(14-20(30)32-5)7-6-11-26-23(31)33-24(2,3)4/h8-10,12-13,18H,6-7,11,14H2,1-5H3,(H,25,28)(H,26,31)/t18-/m0/s1. The maximum atomic E-state index is 12.0. The lowest BCUT2D eigenvalue weighted by Crippen LogP contribution is -2.33. The molecule has 0 aliphatic rings. The maximum absolute atomic E-state index is 12.0. The predicted octanol–water partition coefficient (Wildman–Crippen LogP) is 4.24. The van der Waals surface area contributed by atoms with Gasteiger partial charge in [0, 0.05) is 36.7 Å². The summed E-state index contributed by atoms with van der Waals surface area (Å²) in [6.45, 7) is 7.59. The molecule has 2 N–H and O–H groups in total. The maximum Gasteiger partial charge on any atom is 0.407 e. The number of nitrogens with zero attached hydrogens (tertiary/aromatic N) is 3. The number of methoxy groups -OCH3 is 1. The number of pyridine rings is 1. The zero-order valence-electron chi connectivity index (χ0n) is 20.2. The van der Waals surface area contributed by atoms with Gasteiger partial charge in [-0.05, 0) is 51.1 Å². The Balaban J connectivity index is 1.73.